The molecule has 1 aromatic carbocycles. The molecule has 130 valence electrons. The Morgan fingerprint density at radius 3 is 2.79 bits per heavy atom. The Bertz CT molecular complexity index is 623. The molecule has 7 nitrogen and oxygen atoms in total. The summed E-state index contributed by atoms with van der Waals surface area (Å²) in [6.07, 6.45) is 3.56. The number of aliphatic carboxylic acids is 1. The molecule has 1 N–H and O–H groups in total. The molecule has 0 aromatic heterocycles. The summed E-state index contributed by atoms with van der Waals surface area (Å²) in [7, 11) is 3.18. The molecule has 1 heterocycles. The van der Waals surface area contributed by atoms with E-state index in [4.69, 9.17) is 19.3 Å². The van der Waals surface area contributed by atoms with Crippen molar-refractivity contribution >= 4 is 18.0 Å². The van der Waals surface area contributed by atoms with Crippen molar-refractivity contribution < 1.29 is 28.9 Å². The molecular formula is C17H21NO6. The van der Waals surface area contributed by atoms with Gasteiger partial charge in [0.25, 0.3) is 0 Å². The van der Waals surface area contributed by atoms with E-state index < -0.39 is 5.97 Å². The maximum absolute atomic E-state index is 12.0. The van der Waals surface area contributed by atoms with Gasteiger partial charge in [0.15, 0.2) is 11.5 Å². The van der Waals surface area contributed by atoms with E-state index in [-0.39, 0.29) is 12.3 Å². The first-order chi connectivity index (χ1) is 11.5. The van der Waals surface area contributed by atoms with Gasteiger partial charge in [0.2, 0.25) is 11.7 Å². The SMILES string of the molecule is COc1cc(C=CC(=O)N(C)CCCC(=O)O)cc2c1OCCO2. The lowest BCUT2D eigenvalue weighted by molar-refractivity contribution is -0.137. The highest BCUT2D eigenvalue weighted by atomic mass is 16.6. The van der Waals surface area contributed by atoms with Crippen LogP contribution in [0.3, 0.4) is 0 Å². The van der Waals surface area contributed by atoms with Crippen LogP contribution in [0.1, 0.15) is 18.4 Å². The van der Waals surface area contributed by atoms with E-state index in [1.54, 1.807) is 32.4 Å². The third-order valence-electron chi connectivity index (χ3n) is 3.53. The molecule has 1 aliphatic heterocycles. The topological polar surface area (TPSA) is 85.3 Å². The van der Waals surface area contributed by atoms with Crippen LogP contribution in [0.15, 0.2) is 18.2 Å². The number of nitrogens with zero attached hydrogens (tertiary/aromatic N) is 1. The molecule has 0 saturated heterocycles. The molecular weight excluding hydrogens is 314 g/mol. The monoisotopic (exact) mass is 335 g/mol. The average Bonchev–Trinajstić information content (AvgIpc) is 2.58. The molecule has 24 heavy (non-hydrogen) atoms. The summed E-state index contributed by atoms with van der Waals surface area (Å²) in [4.78, 5) is 24.0. The van der Waals surface area contributed by atoms with Crippen LogP contribution in [-0.4, -0.2) is 55.8 Å². The Hall–Kier alpha value is -2.70. The van der Waals surface area contributed by atoms with Crippen molar-refractivity contribution in [3.63, 3.8) is 0 Å². The summed E-state index contributed by atoms with van der Waals surface area (Å²) in [6.45, 7) is 1.33. The summed E-state index contributed by atoms with van der Waals surface area (Å²) in [5.74, 6) is 0.638. The van der Waals surface area contributed by atoms with E-state index in [1.165, 1.54) is 11.0 Å². The number of fused-ring (bicyclic) bond motifs is 1. The number of amides is 1. The predicted molar refractivity (Wildman–Crippen MR) is 87.5 cm³/mol. The zero-order valence-electron chi connectivity index (χ0n) is 13.8. The smallest absolute Gasteiger partial charge is 0.303 e. The van der Waals surface area contributed by atoms with Crippen LogP contribution in [-0.2, 0) is 9.59 Å². The number of hydrogen-bond donors (Lipinski definition) is 1. The molecule has 2 rings (SSSR count). The quantitative estimate of drug-likeness (QED) is 0.765. The minimum Gasteiger partial charge on any atom is -0.493 e. The molecule has 0 unspecified atom stereocenters. The number of carboxylic acids is 1. The lowest BCUT2D eigenvalue weighted by atomic mass is 10.1. The van der Waals surface area contributed by atoms with Crippen molar-refractivity contribution in [2.24, 2.45) is 0 Å². The molecule has 1 amide bonds. The molecule has 7 heteroatoms. The number of hydrogen-bond acceptors (Lipinski definition) is 5. The van der Waals surface area contributed by atoms with E-state index in [0.717, 1.165) is 5.56 Å². The zero-order valence-corrected chi connectivity index (χ0v) is 13.8. The highest BCUT2D eigenvalue weighted by Gasteiger charge is 2.17. The van der Waals surface area contributed by atoms with E-state index in [1.807, 2.05) is 0 Å². The normalized spacial score (nSPS) is 12.9. The summed E-state index contributed by atoms with van der Waals surface area (Å²) in [5.41, 5.74) is 0.753. The van der Waals surface area contributed by atoms with Gasteiger partial charge in [-0.05, 0) is 30.2 Å². The fourth-order valence-corrected chi connectivity index (χ4v) is 2.26. The van der Waals surface area contributed by atoms with Gasteiger partial charge < -0.3 is 24.2 Å². The maximum atomic E-state index is 12.0. The van der Waals surface area contributed by atoms with Crippen molar-refractivity contribution in [3.05, 3.63) is 23.8 Å². The molecule has 0 bridgehead atoms. The number of likely N-dealkylation sites (N-methyl/N-ethyl adjacent to an activating group) is 1. The summed E-state index contributed by atoms with van der Waals surface area (Å²) < 4.78 is 16.4. The standard InChI is InChI=1S/C17H21NO6/c1-18(7-3-4-16(20)21)15(19)6-5-12-10-13(22-2)17-14(11-12)23-8-9-24-17/h5-6,10-11H,3-4,7-9H2,1-2H3,(H,20,21). The maximum Gasteiger partial charge on any atom is 0.303 e. The molecule has 0 fully saturated rings. The van der Waals surface area contributed by atoms with Gasteiger partial charge in [0.1, 0.15) is 13.2 Å². The van der Waals surface area contributed by atoms with Gasteiger partial charge in [-0.1, -0.05) is 0 Å². The van der Waals surface area contributed by atoms with Gasteiger partial charge in [-0.25, -0.2) is 0 Å². The average molecular weight is 335 g/mol. The molecule has 0 atom stereocenters. The lowest BCUT2D eigenvalue weighted by Crippen LogP contribution is -2.26. The number of carbonyl (C=O) groups excluding carboxylic acids is 1. The zero-order chi connectivity index (χ0) is 17.5. The Morgan fingerprint density at radius 2 is 2.08 bits per heavy atom. The largest absolute Gasteiger partial charge is 0.493 e. The Kier molecular flexibility index (Phi) is 6.06. The van der Waals surface area contributed by atoms with Crippen LogP contribution in [0.5, 0.6) is 17.2 Å². The van der Waals surface area contributed by atoms with Crippen LogP contribution in [0.25, 0.3) is 6.08 Å². The number of rotatable bonds is 7. The van der Waals surface area contributed by atoms with E-state index in [0.29, 0.717) is 43.4 Å². The minimum absolute atomic E-state index is 0.0424. The number of carboxylic acid groups (broad SMARTS) is 1. The van der Waals surface area contributed by atoms with Crippen molar-refractivity contribution in [3.8, 4) is 17.2 Å². The van der Waals surface area contributed by atoms with Crippen LogP contribution < -0.4 is 14.2 Å². The van der Waals surface area contributed by atoms with Gasteiger partial charge >= 0.3 is 5.97 Å². The first kappa shape index (κ1) is 17.7. The summed E-state index contributed by atoms with van der Waals surface area (Å²) in [6, 6.07) is 3.55. The predicted octanol–water partition coefficient (Wildman–Crippen LogP) is 1.80. The fraction of sp³-hybridized carbons (Fsp3) is 0.412. The molecule has 0 radical (unpaired) electrons. The van der Waals surface area contributed by atoms with Crippen LogP contribution in [0.4, 0.5) is 0 Å². The van der Waals surface area contributed by atoms with Crippen LogP contribution in [0.2, 0.25) is 0 Å². The van der Waals surface area contributed by atoms with Gasteiger partial charge in [0, 0.05) is 26.1 Å². The lowest BCUT2D eigenvalue weighted by Gasteiger charge is -2.21. The Labute approximate surface area is 140 Å². The Morgan fingerprint density at radius 1 is 1.33 bits per heavy atom. The van der Waals surface area contributed by atoms with E-state index >= 15 is 0 Å². The second kappa shape index (κ2) is 8.24. The van der Waals surface area contributed by atoms with Crippen LogP contribution in [0, 0.1) is 0 Å². The second-order valence-electron chi connectivity index (χ2n) is 5.34. The number of ether oxygens (including phenoxy) is 3. The Balaban J connectivity index is 2.03. The first-order valence-electron chi connectivity index (χ1n) is 7.64. The highest BCUT2D eigenvalue weighted by molar-refractivity contribution is 5.91. The highest BCUT2D eigenvalue weighted by Crippen LogP contribution is 2.40. The molecule has 1 aliphatic rings. The molecule has 0 saturated carbocycles. The third kappa shape index (κ3) is 4.65. The molecule has 0 aliphatic carbocycles. The first-order valence-corrected chi connectivity index (χ1v) is 7.64. The minimum atomic E-state index is -0.866. The van der Waals surface area contributed by atoms with Crippen molar-refractivity contribution in [2.75, 3.05) is 33.9 Å². The van der Waals surface area contributed by atoms with Crippen molar-refractivity contribution in [2.45, 2.75) is 12.8 Å². The number of carbonyl (C=O) groups is 2. The van der Waals surface area contributed by atoms with Gasteiger partial charge in [0.05, 0.1) is 7.11 Å². The molecule has 0 spiro atoms. The van der Waals surface area contributed by atoms with E-state index in [2.05, 4.69) is 0 Å². The number of benzene rings is 1. The van der Waals surface area contributed by atoms with Gasteiger partial charge in [-0.3, -0.25) is 9.59 Å². The second-order valence-corrected chi connectivity index (χ2v) is 5.34. The third-order valence-corrected chi connectivity index (χ3v) is 3.53. The van der Waals surface area contributed by atoms with Gasteiger partial charge in [-0.15, -0.1) is 0 Å². The van der Waals surface area contributed by atoms with E-state index in [9.17, 15) is 9.59 Å². The summed E-state index contributed by atoms with van der Waals surface area (Å²) in [5, 5.41) is 8.61. The van der Waals surface area contributed by atoms with Crippen molar-refractivity contribution in [1.82, 2.24) is 4.90 Å². The van der Waals surface area contributed by atoms with Gasteiger partial charge in [-0.2, -0.15) is 0 Å². The number of methoxy groups -OCH3 is 1. The molecule has 1 aromatic rings. The fourth-order valence-electron chi connectivity index (χ4n) is 2.26. The van der Waals surface area contributed by atoms with Crippen LogP contribution >= 0.6 is 0 Å². The summed E-state index contributed by atoms with van der Waals surface area (Å²) >= 11 is 0. The van der Waals surface area contributed by atoms with Crippen molar-refractivity contribution in [1.29, 1.82) is 0 Å².